The molecular formula is C16H16. The van der Waals surface area contributed by atoms with Crippen LogP contribution in [0.2, 0.25) is 0 Å². The molecule has 0 aromatic heterocycles. The molecule has 0 bridgehead atoms. The Labute approximate surface area is 97.3 Å². The summed E-state index contributed by atoms with van der Waals surface area (Å²) in [5.74, 6) is 0. The van der Waals surface area contributed by atoms with Crippen LogP contribution in [0.25, 0.3) is 11.1 Å². The van der Waals surface area contributed by atoms with Gasteiger partial charge in [-0.25, -0.2) is 0 Å². The zero-order valence-electron chi connectivity index (χ0n) is 9.61. The monoisotopic (exact) mass is 208 g/mol. The van der Waals surface area contributed by atoms with Gasteiger partial charge in [0.25, 0.3) is 0 Å². The molecule has 1 aliphatic rings. The molecule has 0 heteroatoms. The van der Waals surface area contributed by atoms with Crippen molar-refractivity contribution < 1.29 is 0 Å². The van der Waals surface area contributed by atoms with Gasteiger partial charge in [0.1, 0.15) is 0 Å². The minimum atomic E-state index is 1.10. The molecule has 16 heavy (non-hydrogen) atoms. The highest BCUT2D eigenvalue weighted by molar-refractivity contribution is 5.76. The van der Waals surface area contributed by atoms with E-state index in [2.05, 4.69) is 55.1 Å². The first-order chi connectivity index (χ1) is 7.86. The molecule has 80 valence electrons. The van der Waals surface area contributed by atoms with Gasteiger partial charge in [0.05, 0.1) is 0 Å². The standard InChI is InChI=1S/C13H10.C3H6/c1-3-7-12-10(5-1)9-11-6-2-4-8-13(11)12;1-3-2/h1-8H,9H2;3H,1H2,2H3. The molecule has 0 fully saturated rings. The summed E-state index contributed by atoms with van der Waals surface area (Å²) in [7, 11) is 0. The average Bonchev–Trinajstić information content (AvgIpc) is 2.68. The second-order valence-electron chi connectivity index (χ2n) is 3.90. The van der Waals surface area contributed by atoms with E-state index in [1.165, 1.54) is 22.3 Å². The van der Waals surface area contributed by atoms with Gasteiger partial charge in [0.15, 0.2) is 0 Å². The summed E-state index contributed by atoms with van der Waals surface area (Å²) in [4.78, 5) is 0. The minimum Gasteiger partial charge on any atom is -0.103 e. The van der Waals surface area contributed by atoms with Crippen LogP contribution in [0, 0.1) is 0 Å². The van der Waals surface area contributed by atoms with Gasteiger partial charge in [0, 0.05) is 0 Å². The summed E-state index contributed by atoms with van der Waals surface area (Å²) >= 11 is 0. The SMILES string of the molecule is C=CC.c1ccc2c(c1)Cc1ccccc1-2. The van der Waals surface area contributed by atoms with E-state index in [4.69, 9.17) is 0 Å². The molecule has 1 aliphatic carbocycles. The zero-order valence-corrected chi connectivity index (χ0v) is 9.61. The Balaban J connectivity index is 0.000000292. The van der Waals surface area contributed by atoms with Crippen LogP contribution in [-0.4, -0.2) is 0 Å². The van der Waals surface area contributed by atoms with Crippen LogP contribution in [0.1, 0.15) is 18.1 Å². The first-order valence-electron chi connectivity index (χ1n) is 5.60. The molecular weight excluding hydrogens is 192 g/mol. The molecule has 3 rings (SSSR count). The van der Waals surface area contributed by atoms with Crippen molar-refractivity contribution in [2.24, 2.45) is 0 Å². The van der Waals surface area contributed by atoms with E-state index in [-0.39, 0.29) is 0 Å². The first kappa shape index (κ1) is 10.7. The Morgan fingerprint density at radius 1 is 0.875 bits per heavy atom. The lowest BCUT2D eigenvalue weighted by Gasteiger charge is -1.98. The van der Waals surface area contributed by atoms with Crippen molar-refractivity contribution in [1.82, 2.24) is 0 Å². The van der Waals surface area contributed by atoms with E-state index in [0.29, 0.717) is 0 Å². The van der Waals surface area contributed by atoms with Crippen LogP contribution >= 0.6 is 0 Å². The largest absolute Gasteiger partial charge is 0.103 e. The van der Waals surface area contributed by atoms with E-state index in [0.717, 1.165) is 6.42 Å². The van der Waals surface area contributed by atoms with E-state index < -0.39 is 0 Å². The number of allylic oxidation sites excluding steroid dienone is 1. The van der Waals surface area contributed by atoms with Gasteiger partial charge < -0.3 is 0 Å². The van der Waals surface area contributed by atoms with E-state index >= 15 is 0 Å². The van der Waals surface area contributed by atoms with Gasteiger partial charge in [-0.05, 0) is 35.6 Å². The van der Waals surface area contributed by atoms with Crippen molar-refractivity contribution in [2.45, 2.75) is 13.3 Å². The Hall–Kier alpha value is -1.82. The van der Waals surface area contributed by atoms with Crippen molar-refractivity contribution in [2.75, 3.05) is 0 Å². The molecule has 0 aliphatic heterocycles. The summed E-state index contributed by atoms with van der Waals surface area (Å²) in [6, 6.07) is 17.3. The maximum Gasteiger partial charge on any atom is -0.00135 e. The number of benzene rings is 2. The Morgan fingerprint density at radius 3 is 1.69 bits per heavy atom. The quantitative estimate of drug-likeness (QED) is 0.479. The number of rotatable bonds is 0. The molecule has 0 heterocycles. The van der Waals surface area contributed by atoms with Gasteiger partial charge in [-0.3, -0.25) is 0 Å². The second-order valence-corrected chi connectivity index (χ2v) is 3.90. The molecule has 0 unspecified atom stereocenters. The van der Waals surface area contributed by atoms with E-state index in [9.17, 15) is 0 Å². The maximum atomic E-state index is 3.36. The van der Waals surface area contributed by atoms with Crippen molar-refractivity contribution in [3.8, 4) is 11.1 Å². The lowest BCUT2D eigenvalue weighted by atomic mass is 10.1. The third-order valence-electron chi connectivity index (χ3n) is 2.71. The van der Waals surface area contributed by atoms with Crippen LogP contribution in [0.5, 0.6) is 0 Å². The van der Waals surface area contributed by atoms with Gasteiger partial charge in [-0.15, -0.1) is 6.58 Å². The molecule has 0 spiro atoms. The topological polar surface area (TPSA) is 0 Å². The van der Waals surface area contributed by atoms with Gasteiger partial charge in [-0.1, -0.05) is 54.6 Å². The van der Waals surface area contributed by atoms with Crippen LogP contribution in [-0.2, 0) is 6.42 Å². The third kappa shape index (κ3) is 1.92. The van der Waals surface area contributed by atoms with Crippen molar-refractivity contribution >= 4 is 0 Å². The Morgan fingerprint density at radius 2 is 1.25 bits per heavy atom. The van der Waals surface area contributed by atoms with E-state index in [1.807, 2.05) is 6.92 Å². The molecule has 0 amide bonds. The lowest BCUT2D eigenvalue weighted by Crippen LogP contribution is -1.77. The molecule has 0 radical (unpaired) electrons. The highest BCUT2D eigenvalue weighted by Crippen LogP contribution is 2.35. The van der Waals surface area contributed by atoms with Crippen LogP contribution in [0.3, 0.4) is 0 Å². The van der Waals surface area contributed by atoms with Crippen molar-refractivity contribution in [1.29, 1.82) is 0 Å². The van der Waals surface area contributed by atoms with Gasteiger partial charge in [0.2, 0.25) is 0 Å². The zero-order chi connectivity index (χ0) is 11.4. The number of hydrogen-bond acceptors (Lipinski definition) is 0. The smallest absolute Gasteiger partial charge is 0.00135 e. The Bertz CT molecular complexity index is 451. The number of fused-ring (bicyclic) bond motifs is 3. The number of hydrogen-bond donors (Lipinski definition) is 0. The average molecular weight is 208 g/mol. The predicted molar refractivity (Wildman–Crippen MR) is 70.6 cm³/mol. The normalized spacial score (nSPS) is 10.8. The van der Waals surface area contributed by atoms with Crippen LogP contribution in [0.4, 0.5) is 0 Å². The molecule has 2 aromatic carbocycles. The molecule has 0 saturated carbocycles. The summed E-state index contributed by atoms with van der Waals surface area (Å²) in [6.45, 7) is 5.25. The fraction of sp³-hybridized carbons (Fsp3) is 0.125. The lowest BCUT2D eigenvalue weighted by molar-refractivity contribution is 1.26. The van der Waals surface area contributed by atoms with Crippen LogP contribution in [0.15, 0.2) is 61.2 Å². The predicted octanol–water partition coefficient (Wildman–Crippen LogP) is 4.45. The minimum absolute atomic E-state index is 1.10. The summed E-state index contributed by atoms with van der Waals surface area (Å²) in [6.07, 6.45) is 2.85. The van der Waals surface area contributed by atoms with Gasteiger partial charge >= 0.3 is 0 Å². The molecule has 2 aromatic rings. The van der Waals surface area contributed by atoms with Crippen molar-refractivity contribution in [3.05, 3.63) is 72.3 Å². The third-order valence-corrected chi connectivity index (χ3v) is 2.71. The Kier molecular flexibility index (Phi) is 3.21. The summed E-state index contributed by atoms with van der Waals surface area (Å²) in [5.41, 5.74) is 5.75. The second kappa shape index (κ2) is 4.80. The first-order valence-corrected chi connectivity index (χ1v) is 5.60. The molecule has 0 N–H and O–H groups in total. The summed E-state index contributed by atoms with van der Waals surface area (Å²) < 4.78 is 0. The molecule has 0 atom stereocenters. The molecule has 0 saturated heterocycles. The van der Waals surface area contributed by atoms with Gasteiger partial charge in [-0.2, -0.15) is 0 Å². The fourth-order valence-electron chi connectivity index (χ4n) is 2.08. The summed E-state index contributed by atoms with van der Waals surface area (Å²) in [5, 5.41) is 0. The van der Waals surface area contributed by atoms with E-state index in [1.54, 1.807) is 6.08 Å². The highest BCUT2D eigenvalue weighted by atomic mass is 14.2. The van der Waals surface area contributed by atoms with Crippen molar-refractivity contribution in [3.63, 3.8) is 0 Å². The highest BCUT2D eigenvalue weighted by Gasteiger charge is 2.15. The molecule has 0 nitrogen and oxygen atoms in total. The maximum absolute atomic E-state index is 3.36. The fourth-order valence-corrected chi connectivity index (χ4v) is 2.08. The van der Waals surface area contributed by atoms with Crippen LogP contribution < -0.4 is 0 Å².